The number of nitriles is 1. The van der Waals surface area contributed by atoms with Crippen LogP contribution < -0.4 is 0 Å². The summed E-state index contributed by atoms with van der Waals surface area (Å²) in [4.78, 5) is 39.7. The van der Waals surface area contributed by atoms with Gasteiger partial charge in [-0.05, 0) is 43.7 Å². The van der Waals surface area contributed by atoms with Gasteiger partial charge in [0, 0.05) is 28.9 Å². The number of esters is 2. The molecule has 0 spiro atoms. The van der Waals surface area contributed by atoms with Crippen LogP contribution in [0.1, 0.15) is 49.3 Å². The van der Waals surface area contributed by atoms with E-state index in [1.165, 1.54) is 53.4 Å². The first-order chi connectivity index (χ1) is 24.5. The smallest absolute Gasteiger partial charge is 0.306 e. The third-order valence-electron chi connectivity index (χ3n) is 7.61. The minimum absolute atomic E-state index is 0.0429. The van der Waals surface area contributed by atoms with Gasteiger partial charge in [0.15, 0.2) is 11.9 Å². The Hall–Kier alpha value is -4.98. The number of halogens is 3. The number of hydrogen-bond acceptors (Lipinski definition) is 11. The van der Waals surface area contributed by atoms with Gasteiger partial charge in [0.25, 0.3) is 0 Å². The Balaban J connectivity index is 1.44. The maximum absolute atomic E-state index is 15.6. The monoisotopic (exact) mass is 728 g/mol. The first-order valence-corrected chi connectivity index (χ1v) is 16.7. The average molecular weight is 729 g/mol. The molecule has 1 aromatic heterocycles. The van der Waals surface area contributed by atoms with E-state index < -0.39 is 52.5 Å². The minimum atomic E-state index is -1.74. The highest BCUT2D eigenvalue weighted by atomic mass is 32.2. The molecular formula is C35H35F3N4O8S. The number of aliphatic carboxylic acids is 1. The van der Waals surface area contributed by atoms with Gasteiger partial charge in [-0.2, -0.15) is 10.4 Å². The molecule has 0 unspecified atom stereocenters. The van der Waals surface area contributed by atoms with Crippen LogP contribution in [0.2, 0.25) is 0 Å². The second-order valence-electron chi connectivity index (χ2n) is 11.3. The first-order valence-electron chi connectivity index (χ1n) is 15.8. The van der Waals surface area contributed by atoms with E-state index in [1.54, 1.807) is 25.2 Å². The third-order valence-corrected chi connectivity index (χ3v) is 9.05. The van der Waals surface area contributed by atoms with Crippen molar-refractivity contribution in [1.82, 2.24) is 14.8 Å². The number of aromatic nitrogens is 3. The summed E-state index contributed by atoms with van der Waals surface area (Å²) in [7, 11) is 0. The van der Waals surface area contributed by atoms with Gasteiger partial charge in [-0.3, -0.25) is 14.4 Å². The highest BCUT2D eigenvalue weighted by Crippen LogP contribution is 2.42. The Bertz CT molecular complexity index is 1760. The number of allylic oxidation sites excluding steroid dienone is 2. The molecular weight excluding hydrogens is 693 g/mol. The van der Waals surface area contributed by atoms with Gasteiger partial charge >= 0.3 is 17.9 Å². The summed E-state index contributed by atoms with van der Waals surface area (Å²) < 4.78 is 67.9. The highest BCUT2D eigenvalue weighted by Gasteiger charge is 2.46. The van der Waals surface area contributed by atoms with E-state index >= 15 is 4.39 Å². The quantitative estimate of drug-likeness (QED) is 0.108. The minimum Gasteiger partial charge on any atom is -0.481 e. The molecule has 1 aliphatic heterocycles. The van der Waals surface area contributed by atoms with Crippen LogP contribution in [-0.2, 0) is 45.5 Å². The van der Waals surface area contributed by atoms with E-state index in [0.29, 0.717) is 11.6 Å². The van der Waals surface area contributed by atoms with Crippen LogP contribution in [0, 0.1) is 28.8 Å². The summed E-state index contributed by atoms with van der Waals surface area (Å²) in [6.45, 7) is 1.76. The molecule has 0 aliphatic carbocycles. The predicted molar refractivity (Wildman–Crippen MR) is 177 cm³/mol. The summed E-state index contributed by atoms with van der Waals surface area (Å²) in [5, 5.41) is 20.7. The molecule has 2 heterocycles. The number of ether oxygens (including phenoxy) is 4. The number of carbonyl (C=O) groups is 3. The summed E-state index contributed by atoms with van der Waals surface area (Å²) in [5.74, 6) is -4.94. The molecule has 0 radical (unpaired) electrons. The van der Waals surface area contributed by atoms with Crippen molar-refractivity contribution in [2.45, 2.75) is 61.5 Å². The molecule has 0 amide bonds. The lowest BCUT2D eigenvalue weighted by atomic mass is 9.89. The molecule has 1 aliphatic rings. The lowest BCUT2D eigenvalue weighted by Crippen LogP contribution is -2.47. The molecule has 1 fully saturated rings. The fourth-order valence-electron chi connectivity index (χ4n) is 5.06. The summed E-state index contributed by atoms with van der Waals surface area (Å²) in [5.41, 5.74) is -1.32. The highest BCUT2D eigenvalue weighted by molar-refractivity contribution is 8.00. The van der Waals surface area contributed by atoms with Gasteiger partial charge in [-0.15, -0.1) is 11.8 Å². The largest absolute Gasteiger partial charge is 0.481 e. The van der Waals surface area contributed by atoms with Crippen LogP contribution in [0.5, 0.6) is 0 Å². The molecule has 0 bridgehead atoms. The van der Waals surface area contributed by atoms with Crippen molar-refractivity contribution >= 4 is 35.7 Å². The van der Waals surface area contributed by atoms with Crippen molar-refractivity contribution in [3.05, 3.63) is 101 Å². The normalized spacial score (nSPS) is 17.9. The number of nitrogens with zero attached hydrogens (tertiary/aromatic N) is 4. The lowest BCUT2D eigenvalue weighted by molar-refractivity contribution is -0.164. The van der Waals surface area contributed by atoms with Crippen molar-refractivity contribution in [3.63, 3.8) is 0 Å². The number of rotatable bonds is 17. The van der Waals surface area contributed by atoms with E-state index in [0.717, 1.165) is 12.1 Å². The van der Waals surface area contributed by atoms with Gasteiger partial charge < -0.3 is 24.1 Å². The molecule has 4 rings (SSSR count). The van der Waals surface area contributed by atoms with Gasteiger partial charge in [-0.1, -0.05) is 24.3 Å². The average Bonchev–Trinajstić information content (AvgIpc) is 3.61. The summed E-state index contributed by atoms with van der Waals surface area (Å²) >= 11 is 1.30. The zero-order chi connectivity index (χ0) is 36.8. The number of thioether (sulfide) groups is 1. The third kappa shape index (κ3) is 11.5. The molecule has 1 saturated heterocycles. The van der Waals surface area contributed by atoms with Crippen molar-refractivity contribution in [1.29, 1.82) is 5.26 Å². The van der Waals surface area contributed by atoms with E-state index in [-0.39, 0.29) is 68.4 Å². The Kier molecular flexibility index (Phi) is 14.4. The molecule has 51 heavy (non-hydrogen) atoms. The molecule has 0 saturated carbocycles. The van der Waals surface area contributed by atoms with Crippen molar-refractivity contribution in [3.8, 4) is 6.07 Å². The second-order valence-corrected chi connectivity index (χ2v) is 13.0. The maximum Gasteiger partial charge on any atom is 0.306 e. The molecule has 16 heteroatoms. The molecule has 1 N–H and O–H groups in total. The van der Waals surface area contributed by atoms with Crippen molar-refractivity contribution in [2.75, 3.05) is 19.8 Å². The van der Waals surface area contributed by atoms with Crippen molar-refractivity contribution in [2.24, 2.45) is 0 Å². The Morgan fingerprint density at radius 3 is 2.55 bits per heavy atom. The second kappa shape index (κ2) is 18.9. The topological polar surface area (TPSA) is 163 Å². The molecule has 3 aromatic rings. The molecule has 2 aromatic carbocycles. The van der Waals surface area contributed by atoms with Crippen molar-refractivity contribution < 1.29 is 51.6 Å². The zero-order valence-electron chi connectivity index (χ0n) is 27.5. The number of carbonyl (C=O) groups excluding carboxylic acids is 2. The molecule has 12 nitrogen and oxygen atoms in total. The number of carboxylic acids is 1. The van der Waals surface area contributed by atoms with Gasteiger partial charge in [0.2, 0.25) is 0 Å². The van der Waals surface area contributed by atoms with Crippen LogP contribution in [0.15, 0.2) is 67.3 Å². The fraction of sp³-hybridized carbons (Fsp3) is 0.371. The van der Waals surface area contributed by atoms with E-state index in [4.69, 9.17) is 29.3 Å². The van der Waals surface area contributed by atoms with Crippen LogP contribution in [0.3, 0.4) is 0 Å². The molecule has 2 atom stereocenters. The van der Waals surface area contributed by atoms with E-state index in [2.05, 4.69) is 10.1 Å². The summed E-state index contributed by atoms with van der Waals surface area (Å²) in [6.07, 6.45) is 7.43. The first kappa shape index (κ1) is 38.8. The van der Waals surface area contributed by atoms with Gasteiger partial charge in [0.05, 0.1) is 56.1 Å². The van der Waals surface area contributed by atoms with Gasteiger partial charge in [-0.25, -0.2) is 22.8 Å². The molecule has 270 valence electrons. The van der Waals surface area contributed by atoms with Crippen LogP contribution in [0.25, 0.3) is 6.08 Å². The van der Waals surface area contributed by atoms with Crippen LogP contribution in [-0.4, -0.2) is 74.4 Å². The Morgan fingerprint density at radius 2 is 1.88 bits per heavy atom. The Morgan fingerprint density at radius 1 is 1.10 bits per heavy atom. The Labute approximate surface area is 295 Å². The van der Waals surface area contributed by atoms with Crippen LogP contribution >= 0.6 is 11.8 Å². The maximum atomic E-state index is 15.6. The zero-order valence-corrected chi connectivity index (χ0v) is 28.3. The fourth-order valence-corrected chi connectivity index (χ4v) is 6.42. The number of carboxylic acid groups (broad SMARTS) is 1. The van der Waals surface area contributed by atoms with Crippen LogP contribution in [0.4, 0.5) is 13.2 Å². The SMILES string of the molecule is C[C@@H](SC1COC(/C=C/C=C/c2ccc(C#N)cc2F)OC1)[C@@](Cn1cncn1)(OC(=O)CCCOC(=O)CCC(=O)O)c1ccc(F)cc1F. The van der Waals surface area contributed by atoms with E-state index in [9.17, 15) is 23.2 Å². The summed E-state index contributed by atoms with van der Waals surface area (Å²) in [6, 6.07) is 9.00. The standard InChI is InChI=1S/C35H35F3N4O8S/c1-23(51-27-18-48-34(49-19-27)7-3-2-5-25-9-8-24(17-39)15-29(25)37)35(20-42-22-40-21-41-42,28-11-10-26(36)16-30(28)38)50-33(46)6-4-14-47-32(45)13-12-31(43)44/h2-3,5,7-11,15-16,21-23,27,34H,4,6,12-14,18-20H2,1H3,(H,43,44)/b5-2+,7-3+/t23-,27?,34?,35-/m1/s1. The predicted octanol–water partition coefficient (Wildman–Crippen LogP) is 5.33. The number of benzene rings is 2. The number of hydrogen-bond donors (Lipinski definition) is 1. The van der Waals surface area contributed by atoms with Gasteiger partial charge in [0.1, 0.15) is 30.1 Å². The van der Waals surface area contributed by atoms with E-state index in [1.807, 2.05) is 6.07 Å². The lowest BCUT2D eigenvalue weighted by Gasteiger charge is -2.40.